The molecular formula is C35H30O8. The third-order valence-electron chi connectivity index (χ3n) is 7.59. The van der Waals surface area contributed by atoms with Crippen LogP contribution < -0.4 is 28.4 Å². The fourth-order valence-electron chi connectivity index (χ4n) is 5.41. The molecule has 0 saturated heterocycles. The van der Waals surface area contributed by atoms with Crippen molar-refractivity contribution in [3.63, 3.8) is 0 Å². The average Bonchev–Trinajstić information content (AvgIpc) is 3.35. The number of benzene rings is 4. The molecule has 2 aliphatic heterocycles. The predicted molar refractivity (Wildman–Crippen MR) is 160 cm³/mol. The number of hydrogen-bond acceptors (Lipinski definition) is 8. The van der Waals surface area contributed by atoms with Crippen LogP contribution in [0.5, 0.6) is 34.5 Å². The van der Waals surface area contributed by atoms with Crippen LogP contribution in [0.2, 0.25) is 0 Å². The summed E-state index contributed by atoms with van der Waals surface area (Å²) in [5.41, 5.74) is 3.64. The summed E-state index contributed by atoms with van der Waals surface area (Å²) in [6.45, 7) is 0.375. The van der Waals surface area contributed by atoms with Gasteiger partial charge in [-0.2, -0.15) is 0 Å². The van der Waals surface area contributed by atoms with E-state index in [-0.39, 0.29) is 23.9 Å². The van der Waals surface area contributed by atoms with Crippen LogP contribution in [0.3, 0.4) is 0 Å². The molecule has 0 aromatic heterocycles. The summed E-state index contributed by atoms with van der Waals surface area (Å²) in [5, 5.41) is 0. The summed E-state index contributed by atoms with van der Waals surface area (Å²) in [6.07, 6.45) is 2.38. The molecule has 8 nitrogen and oxygen atoms in total. The summed E-state index contributed by atoms with van der Waals surface area (Å²) in [5.74, 6) is 2.36. The number of Topliss-reactive ketones (excluding diaryl/α,β-unsaturated/α-hetero) is 1. The van der Waals surface area contributed by atoms with Crippen molar-refractivity contribution in [2.75, 3.05) is 27.9 Å². The highest BCUT2D eigenvalue weighted by atomic mass is 16.5. The molecule has 0 saturated carbocycles. The lowest BCUT2D eigenvalue weighted by atomic mass is 9.84. The van der Waals surface area contributed by atoms with Crippen LogP contribution in [-0.2, 0) is 11.2 Å². The van der Waals surface area contributed by atoms with Gasteiger partial charge < -0.3 is 28.4 Å². The highest BCUT2D eigenvalue weighted by Crippen LogP contribution is 2.51. The first kappa shape index (κ1) is 27.9. The monoisotopic (exact) mass is 578 g/mol. The zero-order valence-corrected chi connectivity index (χ0v) is 24.0. The predicted octanol–water partition coefficient (Wildman–Crippen LogP) is 6.39. The van der Waals surface area contributed by atoms with Gasteiger partial charge in [-0.1, -0.05) is 36.4 Å². The molecule has 218 valence electrons. The normalized spacial score (nSPS) is 16.2. The highest BCUT2D eigenvalue weighted by Gasteiger charge is 2.39. The van der Waals surface area contributed by atoms with Gasteiger partial charge in [0.1, 0.15) is 23.0 Å². The van der Waals surface area contributed by atoms with Gasteiger partial charge >= 0.3 is 5.97 Å². The molecule has 4 aromatic carbocycles. The Morgan fingerprint density at radius 1 is 0.814 bits per heavy atom. The van der Waals surface area contributed by atoms with Crippen LogP contribution in [-0.4, -0.2) is 39.7 Å². The number of allylic oxidation sites excluding steroid dienone is 1. The first-order chi connectivity index (χ1) is 21.0. The fraction of sp³-hybridized carbons (Fsp3) is 0.200. The van der Waals surface area contributed by atoms with Gasteiger partial charge in [-0.25, -0.2) is 0 Å². The van der Waals surface area contributed by atoms with Gasteiger partial charge in [-0.05, 0) is 59.7 Å². The number of carbonyl (C=O) groups excluding carboxylic acids is 2. The number of methoxy groups -OCH3 is 3. The van der Waals surface area contributed by atoms with Crippen LogP contribution in [0.1, 0.15) is 45.0 Å². The molecule has 0 N–H and O–H groups in total. The third kappa shape index (κ3) is 5.51. The van der Waals surface area contributed by atoms with Crippen molar-refractivity contribution < 1.29 is 38.0 Å². The quantitative estimate of drug-likeness (QED) is 0.128. The molecule has 0 unspecified atom stereocenters. The Hall–Kier alpha value is -5.24. The van der Waals surface area contributed by atoms with Gasteiger partial charge in [-0.3, -0.25) is 9.59 Å². The summed E-state index contributed by atoms with van der Waals surface area (Å²) in [6, 6.07) is 24.0. The van der Waals surface area contributed by atoms with E-state index >= 15 is 0 Å². The molecule has 0 spiro atoms. The topological polar surface area (TPSA) is 89.5 Å². The van der Waals surface area contributed by atoms with Crippen LogP contribution in [0.15, 0.2) is 84.6 Å². The molecule has 0 radical (unpaired) electrons. The Kier molecular flexibility index (Phi) is 7.75. The number of para-hydroxylation sites is 1. The van der Waals surface area contributed by atoms with Gasteiger partial charge in [0.15, 0.2) is 17.3 Å². The van der Waals surface area contributed by atoms with Gasteiger partial charge in [0.25, 0.3) is 0 Å². The Balaban J connectivity index is 1.34. The van der Waals surface area contributed by atoms with Gasteiger partial charge in [0, 0.05) is 23.5 Å². The Labute approximate surface area is 249 Å². The lowest BCUT2D eigenvalue weighted by molar-refractivity contribution is -0.135. The van der Waals surface area contributed by atoms with Crippen LogP contribution in [0, 0.1) is 0 Å². The summed E-state index contributed by atoms with van der Waals surface area (Å²) < 4.78 is 34.4. The van der Waals surface area contributed by atoms with E-state index in [4.69, 9.17) is 28.4 Å². The van der Waals surface area contributed by atoms with E-state index in [0.29, 0.717) is 52.9 Å². The maximum absolute atomic E-state index is 13.4. The second-order valence-electron chi connectivity index (χ2n) is 10.1. The van der Waals surface area contributed by atoms with E-state index in [1.54, 1.807) is 39.5 Å². The zero-order valence-electron chi connectivity index (χ0n) is 24.0. The Morgan fingerprint density at radius 3 is 2.23 bits per heavy atom. The van der Waals surface area contributed by atoms with E-state index in [9.17, 15) is 9.59 Å². The van der Waals surface area contributed by atoms with E-state index in [2.05, 4.69) is 0 Å². The minimum atomic E-state index is -0.495. The van der Waals surface area contributed by atoms with Crippen molar-refractivity contribution in [2.24, 2.45) is 0 Å². The minimum Gasteiger partial charge on any atom is -0.497 e. The molecule has 0 amide bonds. The number of hydrogen-bond donors (Lipinski definition) is 0. The first-order valence-corrected chi connectivity index (χ1v) is 13.9. The minimum absolute atomic E-state index is 0.0422. The van der Waals surface area contributed by atoms with Crippen molar-refractivity contribution in [1.82, 2.24) is 0 Å². The maximum Gasteiger partial charge on any atom is 0.312 e. The molecule has 4 aromatic rings. The maximum atomic E-state index is 13.4. The highest BCUT2D eigenvalue weighted by molar-refractivity contribution is 6.15. The molecule has 2 heterocycles. The molecule has 8 heteroatoms. The second kappa shape index (κ2) is 11.9. The summed E-state index contributed by atoms with van der Waals surface area (Å²) in [7, 11) is 4.81. The van der Waals surface area contributed by atoms with Crippen molar-refractivity contribution in [2.45, 2.75) is 18.8 Å². The van der Waals surface area contributed by atoms with Gasteiger partial charge in [0.2, 0.25) is 5.78 Å². The Morgan fingerprint density at radius 2 is 1.53 bits per heavy atom. The number of fused-ring (bicyclic) bond motifs is 3. The Bertz CT molecular complexity index is 1700. The molecule has 2 aliphatic rings. The molecule has 6 rings (SSSR count). The number of rotatable bonds is 9. The van der Waals surface area contributed by atoms with Crippen molar-refractivity contribution in [1.29, 1.82) is 0 Å². The van der Waals surface area contributed by atoms with Crippen molar-refractivity contribution >= 4 is 17.8 Å². The molecule has 1 atom stereocenters. The van der Waals surface area contributed by atoms with E-state index < -0.39 is 5.92 Å². The van der Waals surface area contributed by atoms with Crippen molar-refractivity contribution in [3.8, 4) is 34.5 Å². The lowest BCUT2D eigenvalue weighted by Crippen LogP contribution is -2.22. The number of ketones is 1. The molecular weight excluding hydrogens is 548 g/mol. The molecule has 0 fully saturated rings. The summed E-state index contributed by atoms with van der Waals surface area (Å²) >= 11 is 0. The van der Waals surface area contributed by atoms with Crippen LogP contribution in [0.25, 0.3) is 6.08 Å². The zero-order chi connectivity index (χ0) is 29.9. The van der Waals surface area contributed by atoms with Gasteiger partial charge in [-0.15, -0.1) is 0 Å². The molecule has 0 aliphatic carbocycles. The SMILES string of the molecule is COc1ccc(/C=C2\Oc3c(ccc4c3[C@@H](c3cccc(OC)c3OCCc3ccc(OC)cc3)CC(=O)O4)C2=O)cc1. The standard InChI is InChI=1S/C35H30O8/c1-38-23-11-7-21(8-12-23)17-18-41-34-25(5-4-6-29(34)40-3)27-20-31(36)42-28-16-15-26-33(37)30(43-35(26)32(27)28)19-22-9-13-24(39-2)14-10-22/h4-16,19,27H,17-18,20H2,1-3H3/b30-19-/t27-/m1/s1. The van der Waals surface area contributed by atoms with Crippen molar-refractivity contribution in [3.05, 3.63) is 112 Å². The van der Waals surface area contributed by atoms with E-state index in [1.807, 2.05) is 66.7 Å². The first-order valence-electron chi connectivity index (χ1n) is 13.9. The average molecular weight is 579 g/mol. The lowest BCUT2D eigenvalue weighted by Gasteiger charge is -2.28. The number of ether oxygens (including phenoxy) is 6. The smallest absolute Gasteiger partial charge is 0.312 e. The molecule has 43 heavy (non-hydrogen) atoms. The molecule has 0 bridgehead atoms. The number of esters is 1. The van der Waals surface area contributed by atoms with Crippen LogP contribution >= 0.6 is 0 Å². The fourth-order valence-corrected chi connectivity index (χ4v) is 5.41. The number of carbonyl (C=O) groups is 2. The van der Waals surface area contributed by atoms with Crippen LogP contribution in [0.4, 0.5) is 0 Å². The largest absolute Gasteiger partial charge is 0.497 e. The van der Waals surface area contributed by atoms with E-state index in [0.717, 1.165) is 22.4 Å². The summed E-state index contributed by atoms with van der Waals surface area (Å²) in [4.78, 5) is 26.2. The second-order valence-corrected chi connectivity index (χ2v) is 10.1. The van der Waals surface area contributed by atoms with E-state index in [1.165, 1.54) is 0 Å². The third-order valence-corrected chi connectivity index (χ3v) is 7.59. The van der Waals surface area contributed by atoms with Gasteiger partial charge in [0.05, 0.1) is 39.9 Å².